The van der Waals surface area contributed by atoms with Crippen LogP contribution >= 0.6 is 0 Å². The second kappa shape index (κ2) is 5.19. The van der Waals surface area contributed by atoms with Gasteiger partial charge in [-0.1, -0.05) is 30.7 Å². The maximum Gasteiger partial charge on any atom is 0.0234 e. The van der Waals surface area contributed by atoms with Crippen LogP contribution in [0.1, 0.15) is 36.3 Å². The van der Waals surface area contributed by atoms with Gasteiger partial charge in [-0.25, -0.2) is 0 Å². The molecule has 0 spiro atoms. The van der Waals surface area contributed by atoms with E-state index < -0.39 is 0 Å². The van der Waals surface area contributed by atoms with Crippen molar-refractivity contribution >= 4 is 0 Å². The van der Waals surface area contributed by atoms with Crippen molar-refractivity contribution in [1.29, 1.82) is 0 Å². The zero-order valence-corrected chi connectivity index (χ0v) is 10.5. The number of nitrogens with one attached hydrogen (secondary N) is 1. The predicted octanol–water partition coefficient (Wildman–Crippen LogP) is 2.36. The van der Waals surface area contributed by atoms with E-state index in [0.717, 1.165) is 25.6 Å². The van der Waals surface area contributed by atoms with Gasteiger partial charge in [0.1, 0.15) is 0 Å². The van der Waals surface area contributed by atoms with Crippen molar-refractivity contribution < 1.29 is 0 Å². The Morgan fingerprint density at radius 3 is 2.71 bits per heavy atom. The second-order valence-corrected chi connectivity index (χ2v) is 5.40. The molecule has 1 N–H and O–H groups in total. The fourth-order valence-electron chi connectivity index (χ4n) is 2.81. The van der Waals surface area contributed by atoms with Crippen LogP contribution in [0.3, 0.4) is 0 Å². The van der Waals surface area contributed by atoms with Crippen LogP contribution in [0, 0.1) is 0 Å². The average Bonchev–Trinajstić information content (AvgIpc) is 2.28. The Balaban J connectivity index is 1.65. The van der Waals surface area contributed by atoms with Crippen LogP contribution in [-0.2, 0) is 6.54 Å². The minimum Gasteiger partial charge on any atom is -0.314 e. The van der Waals surface area contributed by atoms with E-state index in [1.807, 2.05) is 0 Å². The van der Waals surface area contributed by atoms with Gasteiger partial charge in [0.2, 0.25) is 0 Å². The Hall–Kier alpha value is -0.860. The van der Waals surface area contributed by atoms with Crippen molar-refractivity contribution in [3.8, 4) is 0 Å². The molecule has 1 heterocycles. The summed E-state index contributed by atoms with van der Waals surface area (Å²) in [7, 11) is 0. The van der Waals surface area contributed by atoms with Gasteiger partial charge in [-0.3, -0.25) is 4.90 Å². The van der Waals surface area contributed by atoms with Gasteiger partial charge in [0.15, 0.2) is 0 Å². The fourth-order valence-corrected chi connectivity index (χ4v) is 2.81. The monoisotopic (exact) mass is 230 g/mol. The third-order valence-electron chi connectivity index (χ3n) is 4.14. The molecule has 17 heavy (non-hydrogen) atoms. The molecule has 1 saturated carbocycles. The SMILES string of the molecule is c1cc(CN2CCNCC2)cc(C2CCC2)c1. The van der Waals surface area contributed by atoms with Crippen molar-refractivity contribution in [2.45, 2.75) is 31.7 Å². The number of hydrogen-bond donors (Lipinski definition) is 1. The quantitative estimate of drug-likeness (QED) is 0.857. The highest BCUT2D eigenvalue weighted by molar-refractivity contribution is 5.27. The largest absolute Gasteiger partial charge is 0.314 e. The summed E-state index contributed by atoms with van der Waals surface area (Å²) in [6.45, 7) is 5.79. The highest BCUT2D eigenvalue weighted by Crippen LogP contribution is 2.36. The molecule has 0 bridgehead atoms. The Morgan fingerprint density at radius 1 is 1.18 bits per heavy atom. The summed E-state index contributed by atoms with van der Waals surface area (Å²) in [5.74, 6) is 0.859. The molecule has 2 heteroatoms. The van der Waals surface area contributed by atoms with Crippen LogP contribution in [0.25, 0.3) is 0 Å². The summed E-state index contributed by atoms with van der Waals surface area (Å²) in [5, 5.41) is 3.41. The highest BCUT2D eigenvalue weighted by atomic mass is 15.2. The van der Waals surface area contributed by atoms with Gasteiger partial charge < -0.3 is 5.32 Å². The van der Waals surface area contributed by atoms with Crippen LogP contribution in [-0.4, -0.2) is 31.1 Å². The van der Waals surface area contributed by atoms with Crippen LogP contribution < -0.4 is 5.32 Å². The van der Waals surface area contributed by atoms with Crippen molar-refractivity contribution in [1.82, 2.24) is 10.2 Å². The lowest BCUT2D eigenvalue weighted by atomic mass is 9.80. The van der Waals surface area contributed by atoms with Gasteiger partial charge in [-0.15, -0.1) is 0 Å². The lowest BCUT2D eigenvalue weighted by Gasteiger charge is -2.29. The van der Waals surface area contributed by atoms with E-state index >= 15 is 0 Å². The van der Waals surface area contributed by atoms with E-state index in [0.29, 0.717) is 0 Å². The van der Waals surface area contributed by atoms with Gasteiger partial charge in [-0.2, -0.15) is 0 Å². The average molecular weight is 230 g/mol. The van der Waals surface area contributed by atoms with E-state index in [2.05, 4.69) is 34.5 Å². The van der Waals surface area contributed by atoms with Gasteiger partial charge >= 0.3 is 0 Å². The molecule has 1 aromatic carbocycles. The summed E-state index contributed by atoms with van der Waals surface area (Å²) in [6.07, 6.45) is 4.22. The maximum absolute atomic E-state index is 3.41. The van der Waals surface area contributed by atoms with Crippen LogP contribution in [0.2, 0.25) is 0 Å². The molecule has 2 fully saturated rings. The Morgan fingerprint density at radius 2 is 2.00 bits per heavy atom. The lowest BCUT2D eigenvalue weighted by Crippen LogP contribution is -2.42. The van der Waals surface area contributed by atoms with Crippen LogP contribution in [0.5, 0.6) is 0 Å². The predicted molar refractivity (Wildman–Crippen MR) is 71.2 cm³/mol. The molecule has 1 aliphatic carbocycles. The standard InChI is InChI=1S/C15H22N2/c1-3-13(12-17-9-7-16-8-10-17)11-15(6-1)14-4-2-5-14/h1,3,6,11,14,16H,2,4-5,7-10,12H2. The number of benzene rings is 1. The Bertz CT molecular complexity index is 365. The van der Waals surface area contributed by atoms with Crippen LogP contribution in [0.15, 0.2) is 24.3 Å². The topological polar surface area (TPSA) is 15.3 Å². The molecule has 3 rings (SSSR count). The van der Waals surface area contributed by atoms with E-state index in [1.54, 1.807) is 5.56 Å². The Labute approximate surface area is 104 Å². The smallest absolute Gasteiger partial charge is 0.0234 e. The first kappa shape index (κ1) is 11.2. The number of rotatable bonds is 3. The first-order valence-corrected chi connectivity index (χ1v) is 6.94. The van der Waals surface area contributed by atoms with Crippen molar-refractivity contribution in [3.05, 3.63) is 35.4 Å². The summed E-state index contributed by atoms with van der Waals surface area (Å²) in [5.41, 5.74) is 3.07. The molecular formula is C15H22N2. The fraction of sp³-hybridized carbons (Fsp3) is 0.600. The highest BCUT2D eigenvalue weighted by Gasteiger charge is 2.19. The molecule has 1 aliphatic heterocycles. The molecule has 1 aromatic rings. The van der Waals surface area contributed by atoms with Crippen LogP contribution in [0.4, 0.5) is 0 Å². The molecule has 2 nitrogen and oxygen atoms in total. The number of hydrogen-bond acceptors (Lipinski definition) is 2. The van der Waals surface area contributed by atoms with Gasteiger partial charge in [-0.05, 0) is 29.9 Å². The molecule has 92 valence electrons. The molecule has 0 radical (unpaired) electrons. The van der Waals surface area contributed by atoms with Gasteiger partial charge in [0.05, 0.1) is 0 Å². The van der Waals surface area contributed by atoms with E-state index in [1.165, 1.54) is 37.9 Å². The van der Waals surface area contributed by atoms with E-state index in [9.17, 15) is 0 Å². The van der Waals surface area contributed by atoms with Crippen molar-refractivity contribution in [2.24, 2.45) is 0 Å². The molecule has 0 amide bonds. The first-order chi connectivity index (χ1) is 8.42. The van der Waals surface area contributed by atoms with Crippen molar-refractivity contribution in [2.75, 3.05) is 26.2 Å². The second-order valence-electron chi connectivity index (χ2n) is 5.40. The third-order valence-corrected chi connectivity index (χ3v) is 4.14. The summed E-state index contributed by atoms with van der Waals surface area (Å²) in [4.78, 5) is 2.55. The van der Waals surface area contributed by atoms with E-state index in [-0.39, 0.29) is 0 Å². The zero-order chi connectivity index (χ0) is 11.5. The zero-order valence-electron chi connectivity index (χ0n) is 10.5. The molecule has 0 atom stereocenters. The third kappa shape index (κ3) is 2.70. The minimum absolute atomic E-state index is 0.859. The molecule has 1 saturated heterocycles. The van der Waals surface area contributed by atoms with Crippen molar-refractivity contribution in [3.63, 3.8) is 0 Å². The summed E-state index contributed by atoms with van der Waals surface area (Å²) in [6, 6.07) is 9.27. The molecular weight excluding hydrogens is 208 g/mol. The van der Waals surface area contributed by atoms with E-state index in [4.69, 9.17) is 0 Å². The molecule has 2 aliphatic rings. The minimum atomic E-state index is 0.859. The molecule has 0 unspecified atom stereocenters. The number of piperazine rings is 1. The summed E-state index contributed by atoms with van der Waals surface area (Å²) < 4.78 is 0. The van der Waals surface area contributed by atoms with Gasteiger partial charge in [0.25, 0.3) is 0 Å². The Kier molecular flexibility index (Phi) is 3.44. The summed E-state index contributed by atoms with van der Waals surface area (Å²) >= 11 is 0. The molecule has 0 aromatic heterocycles. The first-order valence-electron chi connectivity index (χ1n) is 6.94. The normalized spacial score (nSPS) is 22.4. The lowest BCUT2D eigenvalue weighted by molar-refractivity contribution is 0.233. The number of nitrogens with zero attached hydrogens (tertiary/aromatic N) is 1. The maximum atomic E-state index is 3.41. The van der Waals surface area contributed by atoms with Gasteiger partial charge in [0, 0.05) is 32.7 Å².